The minimum absolute atomic E-state index is 0.0729. The van der Waals surface area contributed by atoms with Crippen LogP contribution in [0.25, 0.3) is 10.9 Å². The zero-order valence-corrected chi connectivity index (χ0v) is 18.0. The number of methoxy groups -OCH3 is 1. The van der Waals surface area contributed by atoms with Gasteiger partial charge in [-0.25, -0.2) is 0 Å². The Morgan fingerprint density at radius 1 is 1.25 bits per heavy atom. The zero-order valence-electron chi connectivity index (χ0n) is 18.0. The van der Waals surface area contributed by atoms with Gasteiger partial charge in [0.15, 0.2) is 0 Å². The lowest BCUT2D eigenvalue weighted by Gasteiger charge is -2.20. The summed E-state index contributed by atoms with van der Waals surface area (Å²) in [6.45, 7) is 2.23. The standard InChI is InChI=1S/C25H25N3O4/c1-16-12-22(29)24(20(13-23(30)32-2)17-6-5-10-26-14-17)25(31)28(16)11-9-18-15-27-21-8-4-3-7-19(18)21/h3-8,10,12,14-15,20,27,29H,9,11,13H2,1-2H3. The maximum absolute atomic E-state index is 13.5. The number of carbonyl (C=O) groups is 1. The molecule has 1 atom stereocenters. The van der Waals surface area contributed by atoms with Crippen LogP contribution in [0.2, 0.25) is 0 Å². The summed E-state index contributed by atoms with van der Waals surface area (Å²) >= 11 is 0. The number of fused-ring (bicyclic) bond motifs is 1. The molecule has 32 heavy (non-hydrogen) atoms. The first-order valence-electron chi connectivity index (χ1n) is 10.4. The van der Waals surface area contributed by atoms with Crippen LogP contribution in [-0.2, 0) is 22.5 Å². The Kier molecular flexibility index (Phi) is 6.07. The number of aromatic amines is 1. The van der Waals surface area contributed by atoms with Crippen molar-refractivity contribution < 1.29 is 14.6 Å². The van der Waals surface area contributed by atoms with Crippen LogP contribution < -0.4 is 5.56 Å². The maximum Gasteiger partial charge on any atom is 0.306 e. The van der Waals surface area contributed by atoms with E-state index in [-0.39, 0.29) is 23.3 Å². The topological polar surface area (TPSA) is 97.2 Å². The third-order valence-corrected chi connectivity index (χ3v) is 5.84. The quantitative estimate of drug-likeness (QED) is 0.435. The van der Waals surface area contributed by atoms with Crippen molar-refractivity contribution in [1.29, 1.82) is 0 Å². The van der Waals surface area contributed by atoms with Gasteiger partial charge in [-0.2, -0.15) is 0 Å². The molecule has 0 amide bonds. The van der Waals surface area contributed by atoms with Crippen molar-refractivity contribution in [2.75, 3.05) is 7.11 Å². The molecule has 4 rings (SSSR count). The number of esters is 1. The largest absolute Gasteiger partial charge is 0.507 e. The smallest absolute Gasteiger partial charge is 0.306 e. The Labute approximate surface area is 185 Å². The number of aryl methyl sites for hydroxylation is 2. The van der Waals surface area contributed by atoms with Crippen molar-refractivity contribution in [1.82, 2.24) is 14.5 Å². The van der Waals surface area contributed by atoms with Gasteiger partial charge >= 0.3 is 5.97 Å². The van der Waals surface area contributed by atoms with Gasteiger partial charge in [-0.1, -0.05) is 24.3 Å². The van der Waals surface area contributed by atoms with Gasteiger partial charge in [0.05, 0.1) is 19.1 Å². The summed E-state index contributed by atoms with van der Waals surface area (Å²) in [4.78, 5) is 33.0. The third kappa shape index (κ3) is 4.14. The van der Waals surface area contributed by atoms with Crippen molar-refractivity contribution in [2.45, 2.75) is 32.2 Å². The normalized spacial score (nSPS) is 12.1. The van der Waals surface area contributed by atoms with Crippen LogP contribution in [0, 0.1) is 6.92 Å². The monoisotopic (exact) mass is 431 g/mol. The summed E-state index contributed by atoms with van der Waals surface area (Å²) in [6.07, 6.45) is 5.75. The fraction of sp³-hybridized carbons (Fsp3) is 0.240. The zero-order chi connectivity index (χ0) is 22.7. The van der Waals surface area contributed by atoms with Crippen LogP contribution in [0.3, 0.4) is 0 Å². The van der Waals surface area contributed by atoms with Crippen molar-refractivity contribution in [2.24, 2.45) is 0 Å². The SMILES string of the molecule is COC(=O)CC(c1cccnc1)c1c(O)cc(C)n(CCc2c[nH]c3ccccc23)c1=O. The fourth-order valence-corrected chi connectivity index (χ4v) is 4.16. The Balaban J connectivity index is 1.73. The van der Waals surface area contributed by atoms with E-state index in [1.165, 1.54) is 7.11 Å². The molecule has 3 heterocycles. The first-order chi connectivity index (χ1) is 15.5. The maximum atomic E-state index is 13.5. The molecule has 3 aromatic heterocycles. The Hall–Kier alpha value is -3.87. The van der Waals surface area contributed by atoms with E-state index in [0.717, 1.165) is 16.5 Å². The van der Waals surface area contributed by atoms with Gasteiger partial charge in [-0.15, -0.1) is 0 Å². The molecule has 7 nitrogen and oxygen atoms in total. The summed E-state index contributed by atoms with van der Waals surface area (Å²) in [7, 11) is 1.30. The Morgan fingerprint density at radius 3 is 2.81 bits per heavy atom. The summed E-state index contributed by atoms with van der Waals surface area (Å²) in [5.41, 5.74) is 3.33. The number of rotatable bonds is 7. The molecule has 0 aliphatic carbocycles. The molecule has 0 aliphatic heterocycles. The highest BCUT2D eigenvalue weighted by Gasteiger charge is 2.26. The van der Waals surface area contributed by atoms with Crippen LogP contribution in [0.1, 0.15) is 34.7 Å². The molecule has 0 bridgehead atoms. The van der Waals surface area contributed by atoms with E-state index in [9.17, 15) is 14.7 Å². The van der Waals surface area contributed by atoms with E-state index in [1.807, 2.05) is 30.5 Å². The summed E-state index contributed by atoms with van der Waals surface area (Å²) < 4.78 is 6.49. The predicted molar refractivity (Wildman–Crippen MR) is 122 cm³/mol. The minimum atomic E-state index is -0.663. The van der Waals surface area contributed by atoms with E-state index < -0.39 is 11.9 Å². The van der Waals surface area contributed by atoms with Crippen LogP contribution in [0.4, 0.5) is 0 Å². The number of aromatic hydroxyl groups is 1. The number of nitrogens with one attached hydrogen (secondary N) is 1. The summed E-state index contributed by atoms with van der Waals surface area (Å²) in [5, 5.41) is 11.8. The molecule has 0 saturated carbocycles. The van der Waals surface area contributed by atoms with Gasteiger partial charge in [0.2, 0.25) is 0 Å². The molecule has 0 aliphatic rings. The number of ether oxygens (including phenoxy) is 1. The molecule has 0 fully saturated rings. The number of hydrogen-bond acceptors (Lipinski definition) is 5. The number of hydrogen-bond donors (Lipinski definition) is 2. The molecular weight excluding hydrogens is 406 g/mol. The third-order valence-electron chi connectivity index (χ3n) is 5.84. The van der Waals surface area contributed by atoms with Crippen molar-refractivity contribution in [3.63, 3.8) is 0 Å². The second kappa shape index (κ2) is 9.09. The van der Waals surface area contributed by atoms with Crippen molar-refractivity contribution >= 4 is 16.9 Å². The highest BCUT2D eigenvalue weighted by Crippen LogP contribution is 2.32. The second-order valence-electron chi connectivity index (χ2n) is 7.77. The molecule has 1 aromatic carbocycles. The van der Waals surface area contributed by atoms with Crippen LogP contribution >= 0.6 is 0 Å². The van der Waals surface area contributed by atoms with E-state index in [1.54, 1.807) is 42.1 Å². The summed E-state index contributed by atoms with van der Waals surface area (Å²) in [5.74, 6) is -1.26. The molecule has 4 aromatic rings. The highest BCUT2D eigenvalue weighted by atomic mass is 16.5. The molecular formula is C25H25N3O4. The summed E-state index contributed by atoms with van der Waals surface area (Å²) in [6, 6.07) is 13.1. The second-order valence-corrected chi connectivity index (χ2v) is 7.77. The first kappa shape index (κ1) is 21.4. The lowest BCUT2D eigenvalue weighted by molar-refractivity contribution is -0.140. The molecule has 0 radical (unpaired) electrons. The number of nitrogens with zero attached hydrogens (tertiary/aromatic N) is 2. The first-order valence-corrected chi connectivity index (χ1v) is 10.4. The molecule has 0 spiro atoms. The minimum Gasteiger partial charge on any atom is -0.507 e. The number of H-pyrrole nitrogens is 1. The lowest BCUT2D eigenvalue weighted by atomic mass is 9.89. The van der Waals surface area contributed by atoms with Crippen LogP contribution in [-0.4, -0.2) is 32.7 Å². The molecule has 1 unspecified atom stereocenters. The number of para-hydroxylation sites is 1. The van der Waals surface area contributed by atoms with Crippen LogP contribution in [0.15, 0.2) is 65.8 Å². The molecule has 164 valence electrons. The Bertz CT molecular complexity index is 1310. The molecule has 7 heteroatoms. The van der Waals surface area contributed by atoms with Crippen molar-refractivity contribution in [3.8, 4) is 5.75 Å². The molecule has 2 N–H and O–H groups in total. The highest BCUT2D eigenvalue weighted by molar-refractivity contribution is 5.83. The van der Waals surface area contributed by atoms with Gasteiger partial charge in [-0.05, 0) is 42.7 Å². The van der Waals surface area contributed by atoms with Crippen LogP contribution in [0.5, 0.6) is 5.75 Å². The Morgan fingerprint density at radius 2 is 2.06 bits per heavy atom. The van der Waals surface area contributed by atoms with Gasteiger partial charge < -0.3 is 19.4 Å². The number of aromatic nitrogens is 3. The number of carbonyl (C=O) groups excluding carboxylic acids is 1. The van der Waals surface area contributed by atoms with Gasteiger partial charge in [0, 0.05) is 47.7 Å². The van der Waals surface area contributed by atoms with E-state index in [4.69, 9.17) is 4.74 Å². The van der Waals surface area contributed by atoms with E-state index in [0.29, 0.717) is 24.2 Å². The predicted octanol–water partition coefficient (Wildman–Crippen LogP) is 3.68. The average molecular weight is 431 g/mol. The lowest BCUT2D eigenvalue weighted by Crippen LogP contribution is -2.29. The molecule has 0 saturated heterocycles. The number of pyridine rings is 2. The van der Waals surface area contributed by atoms with Gasteiger partial charge in [0.1, 0.15) is 5.75 Å². The average Bonchev–Trinajstić information content (AvgIpc) is 3.21. The van der Waals surface area contributed by atoms with Crippen molar-refractivity contribution in [3.05, 3.63) is 93.8 Å². The van der Waals surface area contributed by atoms with Gasteiger partial charge in [0.25, 0.3) is 5.56 Å². The van der Waals surface area contributed by atoms with E-state index >= 15 is 0 Å². The number of benzene rings is 1. The van der Waals surface area contributed by atoms with Gasteiger partial charge in [-0.3, -0.25) is 14.6 Å². The van der Waals surface area contributed by atoms with E-state index in [2.05, 4.69) is 9.97 Å². The fourth-order valence-electron chi connectivity index (χ4n) is 4.16.